The van der Waals surface area contributed by atoms with Crippen molar-refractivity contribution in [3.8, 4) is 0 Å². The van der Waals surface area contributed by atoms with Gasteiger partial charge in [0.05, 0.1) is 11.0 Å². The van der Waals surface area contributed by atoms with Gasteiger partial charge in [0.2, 0.25) is 0 Å². The maximum absolute atomic E-state index is 12.1. The number of hydrogen-bond acceptors (Lipinski definition) is 2. The summed E-state index contributed by atoms with van der Waals surface area (Å²) < 4.78 is 17.7. The predicted octanol–water partition coefficient (Wildman–Crippen LogP) is 3.76. The fraction of sp³-hybridized carbons (Fsp3) is 0.500. The van der Waals surface area contributed by atoms with Gasteiger partial charge in [-0.05, 0) is 37.3 Å². The van der Waals surface area contributed by atoms with Gasteiger partial charge in [0.25, 0.3) is 0 Å². The first-order valence-corrected chi connectivity index (χ1v) is 8.22. The highest BCUT2D eigenvalue weighted by Crippen LogP contribution is 2.32. The summed E-state index contributed by atoms with van der Waals surface area (Å²) in [7, 11) is -0.733. The minimum Gasteiger partial charge on any atom is -0.499 e. The molecule has 1 aromatic carbocycles. The number of hydrogen-bond donors (Lipinski definition) is 0. The van der Waals surface area contributed by atoms with Crippen LogP contribution in [0, 0.1) is 0 Å². The molecule has 0 radical (unpaired) electrons. The van der Waals surface area contributed by atoms with Crippen molar-refractivity contribution in [3.63, 3.8) is 0 Å². The molecular weight excluding hydrogens is 256 g/mol. The Morgan fingerprint density at radius 2 is 2.16 bits per heavy atom. The fourth-order valence-electron chi connectivity index (χ4n) is 2.52. The molecule has 0 amide bonds. The molecule has 0 aliphatic carbocycles. The summed E-state index contributed by atoms with van der Waals surface area (Å²) in [5.74, 6) is 0.832. The molecule has 1 heterocycles. The van der Waals surface area contributed by atoms with Crippen LogP contribution in [0.2, 0.25) is 0 Å². The highest BCUT2D eigenvalue weighted by molar-refractivity contribution is 7.86. The number of allylic oxidation sites excluding steroid dienone is 1. The highest BCUT2D eigenvalue weighted by atomic mass is 32.2. The molecule has 2 unspecified atom stereocenters. The third-order valence-corrected chi connectivity index (χ3v) is 6.16. The summed E-state index contributed by atoms with van der Waals surface area (Å²) in [4.78, 5) is 0. The Bertz CT molecular complexity index is 467. The van der Waals surface area contributed by atoms with Crippen LogP contribution in [0.25, 0.3) is 5.57 Å². The smallest absolute Gasteiger partial charge is 0.104 e. The van der Waals surface area contributed by atoms with Crippen LogP contribution in [0.3, 0.4) is 0 Å². The molecule has 0 saturated carbocycles. The Balaban J connectivity index is 1.97. The molecule has 0 aromatic heterocycles. The van der Waals surface area contributed by atoms with Gasteiger partial charge in [0.15, 0.2) is 0 Å². The molecule has 2 rings (SSSR count). The Morgan fingerprint density at radius 1 is 1.42 bits per heavy atom. The van der Waals surface area contributed by atoms with E-state index in [-0.39, 0.29) is 4.75 Å². The van der Waals surface area contributed by atoms with E-state index in [1.807, 2.05) is 31.4 Å². The van der Waals surface area contributed by atoms with Crippen molar-refractivity contribution in [2.24, 2.45) is 0 Å². The van der Waals surface area contributed by atoms with Crippen LogP contribution >= 0.6 is 0 Å². The molecule has 0 N–H and O–H groups in total. The molecular formula is C16H22O2S. The summed E-state index contributed by atoms with van der Waals surface area (Å²) in [5.41, 5.74) is 2.27. The van der Waals surface area contributed by atoms with Crippen LogP contribution in [0.5, 0.6) is 0 Å². The molecule has 1 aliphatic rings. The largest absolute Gasteiger partial charge is 0.499 e. The van der Waals surface area contributed by atoms with E-state index in [1.54, 1.807) is 0 Å². The van der Waals surface area contributed by atoms with Crippen molar-refractivity contribution in [3.05, 3.63) is 42.2 Å². The quantitative estimate of drug-likeness (QED) is 0.767. The van der Waals surface area contributed by atoms with E-state index in [2.05, 4.69) is 19.1 Å². The Labute approximate surface area is 118 Å². The first-order valence-electron chi connectivity index (χ1n) is 6.90. The minimum absolute atomic E-state index is 0.118. The summed E-state index contributed by atoms with van der Waals surface area (Å²) in [5, 5.41) is 0. The summed E-state index contributed by atoms with van der Waals surface area (Å²) in [6.45, 7) is 4.72. The molecule has 1 aliphatic heterocycles. The standard InChI is InChI=1S/C16H22O2S/c1-3-16(10-7-11-19(16)17)13-18-12-14(2)15-8-5-4-6-9-15/h4-6,8-9,12H,3,7,10-11,13H2,1-2H3/b14-12-. The molecule has 19 heavy (non-hydrogen) atoms. The average Bonchev–Trinajstić information content (AvgIpc) is 2.81. The highest BCUT2D eigenvalue weighted by Gasteiger charge is 2.39. The normalized spacial score (nSPS) is 27.5. The Morgan fingerprint density at radius 3 is 2.74 bits per heavy atom. The number of benzene rings is 1. The third kappa shape index (κ3) is 3.27. The van der Waals surface area contributed by atoms with Crippen molar-refractivity contribution in [1.82, 2.24) is 0 Å². The van der Waals surface area contributed by atoms with E-state index in [0.29, 0.717) is 6.61 Å². The lowest BCUT2D eigenvalue weighted by Crippen LogP contribution is -2.34. The fourth-order valence-corrected chi connectivity index (χ4v) is 4.25. The van der Waals surface area contributed by atoms with Crippen molar-refractivity contribution in [2.45, 2.75) is 37.9 Å². The average molecular weight is 278 g/mol. The van der Waals surface area contributed by atoms with Crippen molar-refractivity contribution in [2.75, 3.05) is 12.4 Å². The molecule has 0 bridgehead atoms. The first-order chi connectivity index (χ1) is 9.18. The van der Waals surface area contributed by atoms with Gasteiger partial charge in [0, 0.05) is 16.6 Å². The van der Waals surface area contributed by atoms with Crippen molar-refractivity contribution < 1.29 is 8.95 Å². The molecule has 1 saturated heterocycles. The van der Waals surface area contributed by atoms with Gasteiger partial charge >= 0.3 is 0 Å². The van der Waals surface area contributed by atoms with E-state index in [9.17, 15) is 4.21 Å². The van der Waals surface area contributed by atoms with Crippen LogP contribution in [-0.2, 0) is 15.5 Å². The van der Waals surface area contributed by atoms with Crippen LogP contribution in [0.1, 0.15) is 38.7 Å². The van der Waals surface area contributed by atoms with Crippen LogP contribution in [-0.4, -0.2) is 21.3 Å². The van der Waals surface area contributed by atoms with E-state index in [0.717, 1.165) is 30.6 Å². The predicted molar refractivity (Wildman–Crippen MR) is 81.3 cm³/mol. The first kappa shape index (κ1) is 14.3. The molecule has 2 nitrogen and oxygen atoms in total. The zero-order valence-corrected chi connectivity index (χ0v) is 12.5. The second kappa shape index (κ2) is 6.38. The molecule has 104 valence electrons. The van der Waals surface area contributed by atoms with Gasteiger partial charge < -0.3 is 4.74 Å². The van der Waals surface area contributed by atoms with Gasteiger partial charge in [-0.2, -0.15) is 0 Å². The van der Waals surface area contributed by atoms with Crippen LogP contribution in [0.15, 0.2) is 36.6 Å². The van der Waals surface area contributed by atoms with E-state index >= 15 is 0 Å². The molecule has 2 atom stereocenters. The van der Waals surface area contributed by atoms with Gasteiger partial charge in [-0.3, -0.25) is 4.21 Å². The number of ether oxygens (including phenoxy) is 1. The lowest BCUT2D eigenvalue weighted by Gasteiger charge is -2.25. The van der Waals surface area contributed by atoms with E-state index in [4.69, 9.17) is 4.74 Å². The lowest BCUT2D eigenvalue weighted by molar-refractivity contribution is 0.205. The van der Waals surface area contributed by atoms with E-state index < -0.39 is 10.8 Å². The summed E-state index contributed by atoms with van der Waals surface area (Å²) >= 11 is 0. The van der Waals surface area contributed by atoms with Gasteiger partial charge in [0.1, 0.15) is 6.61 Å². The minimum atomic E-state index is -0.733. The van der Waals surface area contributed by atoms with Gasteiger partial charge in [-0.25, -0.2) is 0 Å². The monoisotopic (exact) mass is 278 g/mol. The van der Waals surface area contributed by atoms with Crippen LogP contribution < -0.4 is 0 Å². The Kier molecular flexibility index (Phi) is 4.81. The summed E-state index contributed by atoms with van der Waals surface area (Å²) in [6.07, 6.45) is 4.82. The molecule has 3 heteroatoms. The maximum Gasteiger partial charge on any atom is 0.104 e. The maximum atomic E-state index is 12.1. The second-order valence-electron chi connectivity index (χ2n) is 5.17. The SMILES string of the molecule is CCC1(CO/C=C(/C)c2ccccc2)CCCS1=O. The summed E-state index contributed by atoms with van der Waals surface area (Å²) in [6, 6.07) is 10.2. The van der Waals surface area contributed by atoms with Crippen LogP contribution in [0.4, 0.5) is 0 Å². The topological polar surface area (TPSA) is 26.3 Å². The molecule has 1 fully saturated rings. The van der Waals surface area contributed by atoms with Gasteiger partial charge in [-0.1, -0.05) is 37.3 Å². The lowest BCUT2D eigenvalue weighted by atomic mass is 10.0. The zero-order chi connectivity index (χ0) is 13.7. The second-order valence-corrected chi connectivity index (χ2v) is 7.13. The zero-order valence-electron chi connectivity index (χ0n) is 11.7. The molecule has 0 spiro atoms. The van der Waals surface area contributed by atoms with Gasteiger partial charge in [-0.15, -0.1) is 0 Å². The Hall–Kier alpha value is -1.09. The van der Waals surface area contributed by atoms with E-state index in [1.165, 1.54) is 5.56 Å². The van der Waals surface area contributed by atoms with Crippen molar-refractivity contribution in [1.29, 1.82) is 0 Å². The molecule has 1 aromatic rings. The third-order valence-electron chi connectivity index (χ3n) is 3.93. The number of rotatable bonds is 5. The van der Waals surface area contributed by atoms with Crippen molar-refractivity contribution >= 4 is 16.4 Å².